The summed E-state index contributed by atoms with van der Waals surface area (Å²) in [7, 11) is 0. The Morgan fingerprint density at radius 2 is 0.971 bits per heavy atom. The molecule has 0 N–H and O–H groups in total. The topological polar surface area (TPSA) is 130 Å². The fourth-order valence-corrected chi connectivity index (χ4v) is 2.52. The minimum atomic E-state index is -1.09. The number of carbonyl (C=O) groups is 3. The van der Waals surface area contributed by atoms with Crippen LogP contribution in [0.25, 0.3) is 10.8 Å². The van der Waals surface area contributed by atoms with Crippen LogP contribution in [0.1, 0.15) is 41.5 Å². The summed E-state index contributed by atoms with van der Waals surface area (Å²) >= 11 is 0. The van der Waals surface area contributed by atoms with Crippen LogP contribution in [0.2, 0.25) is 0 Å². The molecule has 2 rings (SSSR count). The molecule has 0 atom stereocenters. The Balaban J connectivity index is -0.000000374. The third-order valence-electron chi connectivity index (χ3n) is 4.61. The number of carbonyl (C=O) groups excluding carboxylic acids is 3. The number of fused-ring (bicyclic) bond motifs is 1. The van der Waals surface area contributed by atoms with Crippen molar-refractivity contribution in [3.63, 3.8) is 0 Å². The molecule has 9 nitrogen and oxygen atoms in total. The molecule has 2 aromatic carbocycles. The van der Waals surface area contributed by atoms with Gasteiger partial charge in [-0.2, -0.15) is 17.5 Å². The van der Waals surface area contributed by atoms with Crippen LogP contribution < -0.4 is 15.3 Å². The molecule has 0 heterocycles. The number of rotatable bonds is 6. The van der Waals surface area contributed by atoms with Crippen molar-refractivity contribution in [1.29, 1.82) is 0 Å². The van der Waals surface area contributed by atoms with E-state index in [-0.39, 0.29) is 26.2 Å². The van der Waals surface area contributed by atoms with E-state index in [1.54, 1.807) is 41.5 Å². The van der Waals surface area contributed by atoms with Gasteiger partial charge in [0, 0.05) is 39.3 Å². The molecule has 0 aliphatic rings. The Kier molecular flexibility index (Phi) is 23.7. The van der Waals surface area contributed by atoms with Crippen molar-refractivity contribution in [2.45, 2.75) is 41.5 Å². The first-order chi connectivity index (χ1) is 15.6. The monoisotopic (exact) mass is 553 g/mol. The van der Waals surface area contributed by atoms with Gasteiger partial charge in [0.15, 0.2) is 0 Å². The average Bonchev–Trinajstić information content (AvgIpc) is 3.26. The van der Waals surface area contributed by atoms with Crippen LogP contribution in [-0.4, -0.2) is 72.2 Å². The van der Waals surface area contributed by atoms with E-state index in [0.717, 1.165) is 0 Å². The third kappa shape index (κ3) is 16.2. The molecule has 0 radical (unpaired) electrons. The predicted octanol–water partition coefficient (Wildman–Crippen LogP) is 1.57. The maximum absolute atomic E-state index is 9.98. The van der Waals surface area contributed by atoms with Gasteiger partial charge < -0.3 is 44.4 Å². The van der Waals surface area contributed by atoms with Gasteiger partial charge in [0.25, 0.3) is 0 Å². The predicted molar refractivity (Wildman–Crippen MR) is 124 cm³/mol. The molecule has 188 valence electrons. The van der Waals surface area contributed by atoms with Crippen LogP contribution in [0, 0.1) is 0 Å². The second kappa shape index (κ2) is 22.3. The van der Waals surface area contributed by atoms with Crippen molar-refractivity contribution < 1.29 is 55.9 Å². The molecule has 0 aromatic heterocycles. The van der Waals surface area contributed by atoms with Crippen molar-refractivity contribution in [2.24, 2.45) is 0 Å². The van der Waals surface area contributed by atoms with Crippen molar-refractivity contribution in [3.05, 3.63) is 42.5 Å². The molecule has 0 aliphatic heterocycles. The fourth-order valence-electron chi connectivity index (χ4n) is 2.52. The zero-order chi connectivity index (χ0) is 25.8. The van der Waals surface area contributed by atoms with E-state index in [1.165, 1.54) is 25.5 Å². The standard InChI is InChI=1S/C9H7.3C5H11NO2.Zr/c1-2-5-9-7-3-6-8(9)4-1;3*1-3-6(4-2)5(7)8;/h1-7H;3*3-4H2,1-2H3,(H,7,8);/q-1;;;;+4/p-3. The Morgan fingerprint density at radius 3 is 1.21 bits per heavy atom. The van der Waals surface area contributed by atoms with E-state index in [1.807, 2.05) is 0 Å². The number of hydrogen-bond acceptors (Lipinski definition) is 6. The number of hydrogen-bond donors (Lipinski definition) is 0. The summed E-state index contributed by atoms with van der Waals surface area (Å²) in [6.45, 7) is 13.7. The summed E-state index contributed by atoms with van der Waals surface area (Å²) in [6, 6.07) is 14.7. The van der Waals surface area contributed by atoms with Crippen LogP contribution in [0.3, 0.4) is 0 Å². The molecule has 0 saturated heterocycles. The van der Waals surface area contributed by atoms with Crippen LogP contribution >= 0.6 is 0 Å². The van der Waals surface area contributed by atoms with Gasteiger partial charge in [-0.05, 0) is 41.5 Å². The first-order valence-electron chi connectivity index (χ1n) is 11.1. The maximum atomic E-state index is 9.98. The molecule has 3 amide bonds. The maximum Gasteiger partial charge on any atom is 4.00 e. The normalized spacial score (nSPS) is 8.88. The molecule has 0 spiro atoms. The second-order valence-corrected chi connectivity index (χ2v) is 6.47. The van der Waals surface area contributed by atoms with E-state index in [4.69, 9.17) is 0 Å². The summed E-state index contributed by atoms with van der Waals surface area (Å²) in [5.74, 6) is 0. The minimum Gasteiger partial charge on any atom is -0.530 e. The molecule has 0 aliphatic carbocycles. The van der Waals surface area contributed by atoms with E-state index in [9.17, 15) is 29.7 Å². The SMILES string of the molecule is CCN(CC)C(=O)[O-].CCN(CC)C(=O)[O-].CCN(CC)C(=O)[O-].[Zr+4].c1ccc2[cH-]ccc2c1. The van der Waals surface area contributed by atoms with Gasteiger partial charge in [0.1, 0.15) is 18.3 Å². The van der Waals surface area contributed by atoms with Gasteiger partial charge in [-0.3, -0.25) is 0 Å². The molecule has 0 bridgehead atoms. The number of benzene rings is 1. The van der Waals surface area contributed by atoms with Crippen molar-refractivity contribution in [2.75, 3.05) is 39.3 Å². The van der Waals surface area contributed by atoms with Gasteiger partial charge in [0.2, 0.25) is 0 Å². The summed E-state index contributed by atoms with van der Waals surface area (Å²) in [6.07, 6.45) is -3.26. The van der Waals surface area contributed by atoms with Crippen LogP contribution in [0.5, 0.6) is 0 Å². The molecular weight excluding hydrogens is 518 g/mol. The smallest absolute Gasteiger partial charge is 0.530 e. The van der Waals surface area contributed by atoms with Crippen molar-refractivity contribution >= 4 is 29.1 Å². The van der Waals surface area contributed by atoms with Crippen molar-refractivity contribution in [3.8, 4) is 0 Å². The summed E-state index contributed by atoms with van der Waals surface area (Å²) < 4.78 is 0. The molecule has 0 fully saturated rings. The third-order valence-corrected chi connectivity index (χ3v) is 4.61. The molecule has 0 unspecified atom stereocenters. The van der Waals surface area contributed by atoms with Gasteiger partial charge in [-0.25, -0.2) is 0 Å². The fraction of sp³-hybridized carbons (Fsp3) is 0.500. The summed E-state index contributed by atoms with van der Waals surface area (Å²) in [5, 5.41) is 32.6. The Labute approximate surface area is 222 Å². The number of carboxylic acid groups (broad SMARTS) is 3. The van der Waals surface area contributed by atoms with Gasteiger partial charge in [0.05, 0.1) is 0 Å². The molecule has 0 saturated carbocycles. The molecular formula is C24H37N3O6Zr. The summed E-state index contributed by atoms with van der Waals surface area (Å²) in [5.41, 5.74) is 0. The van der Waals surface area contributed by atoms with E-state index >= 15 is 0 Å². The molecule has 10 heteroatoms. The summed E-state index contributed by atoms with van der Waals surface area (Å²) in [4.78, 5) is 33.6. The zero-order valence-electron chi connectivity index (χ0n) is 21.1. The first kappa shape index (κ1) is 36.1. The van der Waals surface area contributed by atoms with E-state index < -0.39 is 18.3 Å². The Bertz CT molecular complexity index is 705. The van der Waals surface area contributed by atoms with Crippen LogP contribution in [0.4, 0.5) is 14.4 Å². The molecule has 2 aromatic rings. The number of amides is 3. The number of nitrogens with zero attached hydrogens (tertiary/aromatic N) is 3. The second-order valence-electron chi connectivity index (χ2n) is 6.47. The quantitative estimate of drug-likeness (QED) is 0.498. The first-order valence-corrected chi connectivity index (χ1v) is 11.1. The van der Waals surface area contributed by atoms with Crippen LogP contribution in [-0.2, 0) is 26.2 Å². The van der Waals surface area contributed by atoms with Gasteiger partial charge in [-0.15, -0.1) is 29.7 Å². The Morgan fingerprint density at radius 1 is 0.647 bits per heavy atom. The largest absolute Gasteiger partial charge is 4.00 e. The van der Waals surface area contributed by atoms with Crippen molar-refractivity contribution in [1.82, 2.24) is 14.7 Å². The van der Waals surface area contributed by atoms with Gasteiger partial charge >= 0.3 is 26.2 Å². The Hall–Kier alpha value is -2.48. The average molecular weight is 555 g/mol. The molecule has 34 heavy (non-hydrogen) atoms. The van der Waals surface area contributed by atoms with Gasteiger partial charge in [-0.1, -0.05) is 6.07 Å². The van der Waals surface area contributed by atoms with Crippen LogP contribution in [0.15, 0.2) is 42.5 Å². The zero-order valence-corrected chi connectivity index (χ0v) is 23.5. The van der Waals surface area contributed by atoms with E-state index in [2.05, 4.69) is 42.5 Å². The van der Waals surface area contributed by atoms with E-state index in [0.29, 0.717) is 39.3 Å². The minimum absolute atomic E-state index is 0.